The maximum atomic E-state index is 12.5. The Balaban J connectivity index is 1.32. The zero-order valence-electron chi connectivity index (χ0n) is 15.0. The predicted molar refractivity (Wildman–Crippen MR) is 91.7 cm³/mol. The molecule has 2 aromatic rings. The van der Waals surface area contributed by atoms with Gasteiger partial charge in [-0.25, -0.2) is 4.98 Å². The van der Waals surface area contributed by atoms with Crippen molar-refractivity contribution in [2.45, 2.75) is 25.2 Å². The van der Waals surface area contributed by atoms with Crippen LogP contribution in [0.4, 0.5) is 24.9 Å². The fraction of sp³-hybridized carbons (Fsp3) is 0.625. The third-order valence-corrected chi connectivity index (χ3v) is 4.63. The van der Waals surface area contributed by atoms with Gasteiger partial charge in [0.25, 0.3) is 0 Å². The first-order valence-electron chi connectivity index (χ1n) is 9.01. The van der Waals surface area contributed by atoms with Gasteiger partial charge < -0.3 is 19.4 Å². The van der Waals surface area contributed by atoms with Gasteiger partial charge in [-0.05, 0) is 12.5 Å². The molecule has 0 aromatic carbocycles. The second kappa shape index (κ2) is 7.87. The van der Waals surface area contributed by atoms with E-state index in [4.69, 9.17) is 9.15 Å². The molecule has 4 heterocycles. The number of hydrogen-bond acceptors (Lipinski definition) is 9. The Bertz CT molecular complexity index is 795. The van der Waals surface area contributed by atoms with Gasteiger partial charge in [-0.2, -0.15) is 18.2 Å². The van der Waals surface area contributed by atoms with Crippen LogP contribution in [0.2, 0.25) is 0 Å². The molecule has 0 spiro atoms. The number of halogens is 3. The third kappa shape index (κ3) is 4.50. The van der Waals surface area contributed by atoms with Crippen molar-refractivity contribution in [1.29, 1.82) is 0 Å². The number of alkyl halides is 3. The molecular weight excluding hydrogens is 379 g/mol. The first kappa shape index (κ1) is 18.9. The lowest BCUT2D eigenvalue weighted by Crippen LogP contribution is -2.37. The number of morpholine rings is 1. The number of nitrogens with zero attached hydrogens (tertiary/aromatic N) is 6. The lowest BCUT2D eigenvalue weighted by molar-refractivity contribution is -0.157. The van der Waals surface area contributed by atoms with Gasteiger partial charge in [0.2, 0.25) is 11.8 Å². The molecule has 12 heteroatoms. The van der Waals surface area contributed by atoms with Crippen LogP contribution in [-0.2, 0) is 17.5 Å². The Morgan fingerprint density at radius 3 is 2.75 bits per heavy atom. The van der Waals surface area contributed by atoms with E-state index >= 15 is 0 Å². The van der Waals surface area contributed by atoms with Crippen molar-refractivity contribution in [3.63, 3.8) is 0 Å². The van der Waals surface area contributed by atoms with Crippen LogP contribution in [0.25, 0.3) is 0 Å². The summed E-state index contributed by atoms with van der Waals surface area (Å²) in [7, 11) is 0. The second-order valence-electron chi connectivity index (χ2n) is 6.71. The molecule has 2 aliphatic heterocycles. The molecule has 2 saturated heterocycles. The summed E-state index contributed by atoms with van der Waals surface area (Å²) in [5.41, 5.74) is 0. The molecule has 0 amide bonds. The molecule has 28 heavy (non-hydrogen) atoms. The Kier molecular flexibility index (Phi) is 5.31. The molecule has 4 rings (SSSR count). The fourth-order valence-corrected chi connectivity index (χ4v) is 3.27. The van der Waals surface area contributed by atoms with Crippen LogP contribution in [0.15, 0.2) is 16.7 Å². The fourth-order valence-electron chi connectivity index (χ4n) is 3.27. The van der Waals surface area contributed by atoms with E-state index in [-0.39, 0.29) is 18.5 Å². The van der Waals surface area contributed by atoms with Crippen molar-refractivity contribution < 1.29 is 22.3 Å². The number of hydrogen-bond donors (Lipinski definition) is 1. The minimum Gasteiger partial charge on any atom is -0.416 e. The molecule has 2 fully saturated rings. The topological polar surface area (TPSA) is 92.4 Å². The first-order valence-corrected chi connectivity index (χ1v) is 9.01. The summed E-state index contributed by atoms with van der Waals surface area (Å²) in [5.74, 6) is 0.0341. The highest BCUT2D eigenvalue weighted by atomic mass is 19.4. The molecule has 9 nitrogen and oxygen atoms in total. The molecule has 2 aliphatic rings. The average Bonchev–Trinajstić information content (AvgIpc) is 3.33. The van der Waals surface area contributed by atoms with Crippen LogP contribution < -0.4 is 10.2 Å². The van der Waals surface area contributed by atoms with Gasteiger partial charge in [0, 0.05) is 38.4 Å². The maximum absolute atomic E-state index is 12.5. The molecular formula is C16H20F3N7O2. The Hall–Kier alpha value is -2.47. The molecule has 1 unspecified atom stereocenters. The normalized spacial score (nSPS) is 21.2. The Morgan fingerprint density at radius 2 is 2.00 bits per heavy atom. The van der Waals surface area contributed by atoms with E-state index in [2.05, 4.69) is 30.4 Å². The number of rotatable bonds is 5. The van der Waals surface area contributed by atoms with Gasteiger partial charge in [0.1, 0.15) is 5.82 Å². The molecule has 0 bridgehead atoms. The van der Waals surface area contributed by atoms with Crippen molar-refractivity contribution in [2.75, 3.05) is 49.6 Å². The maximum Gasteiger partial charge on any atom is 0.470 e. The third-order valence-electron chi connectivity index (χ3n) is 4.63. The largest absolute Gasteiger partial charge is 0.470 e. The van der Waals surface area contributed by atoms with Gasteiger partial charge >= 0.3 is 12.1 Å². The second-order valence-corrected chi connectivity index (χ2v) is 6.71. The highest BCUT2D eigenvalue weighted by Gasteiger charge is 2.38. The van der Waals surface area contributed by atoms with E-state index in [0.717, 1.165) is 25.3 Å². The summed E-state index contributed by atoms with van der Waals surface area (Å²) in [6, 6.07) is 1.93. The van der Waals surface area contributed by atoms with Crippen molar-refractivity contribution in [2.24, 2.45) is 0 Å². The van der Waals surface area contributed by atoms with E-state index in [9.17, 15) is 13.2 Å². The molecule has 1 N–H and O–H groups in total. The minimum absolute atomic E-state index is 0.0374. The molecule has 2 aromatic heterocycles. The number of ether oxygens (including phenoxy) is 1. The average molecular weight is 399 g/mol. The van der Waals surface area contributed by atoms with Crippen LogP contribution in [0.5, 0.6) is 0 Å². The van der Waals surface area contributed by atoms with Crippen LogP contribution in [0.3, 0.4) is 0 Å². The number of likely N-dealkylation sites (tertiary alicyclic amines) is 1. The van der Waals surface area contributed by atoms with E-state index in [1.165, 1.54) is 0 Å². The van der Waals surface area contributed by atoms with Gasteiger partial charge in [-0.15, -0.1) is 10.2 Å². The van der Waals surface area contributed by atoms with E-state index in [1.807, 2.05) is 4.90 Å². The number of anilines is 2. The predicted octanol–water partition coefficient (Wildman–Crippen LogP) is 1.40. The van der Waals surface area contributed by atoms with Gasteiger partial charge in [0.05, 0.1) is 19.8 Å². The molecule has 152 valence electrons. The van der Waals surface area contributed by atoms with E-state index in [0.29, 0.717) is 32.3 Å². The van der Waals surface area contributed by atoms with Gasteiger partial charge in [0.15, 0.2) is 0 Å². The van der Waals surface area contributed by atoms with Crippen molar-refractivity contribution in [3.8, 4) is 0 Å². The van der Waals surface area contributed by atoms with Gasteiger partial charge in [-0.3, -0.25) is 4.90 Å². The molecule has 0 aliphatic carbocycles. The van der Waals surface area contributed by atoms with Crippen molar-refractivity contribution in [3.05, 3.63) is 24.0 Å². The standard InChI is InChI=1S/C16H20F3N7O2/c17-16(18,19)14-24-23-13(28-14)10-25-4-2-11(9-25)21-12-1-3-20-15(22-12)26-5-7-27-8-6-26/h1,3,11H,2,4-10H2,(H,20,21,22). The van der Waals surface area contributed by atoms with Gasteiger partial charge in [-0.1, -0.05) is 0 Å². The summed E-state index contributed by atoms with van der Waals surface area (Å²) in [6.45, 7) is 4.36. The SMILES string of the molecule is FC(F)(F)c1nnc(CN2CCC(Nc3ccnc(N4CCOCC4)n3)C2)o1. The summed E-state index contributed by atoms with van der Waals surface area (Å²) in [6.07, 6.45) is -2.08. The quantitative estimate of drug-likeness (QED) is 0.801. The van der Waals surface area contributed by atoms with Crippen LogP contribution in [0.1, 0.15) is 18.2 Å². The lowest BCUT2D eigenvalue weighted by atomic mass is 10.2. The monoisotopic (exact) mass is 399 g/mol. The summed E-state index contributed by atoms with van der Waals surface area (Å²) in [4.78, 5) is 12.9. The molecule has 0 saturated carbocycles. The highest BCUT2D eigenvalue weighted by Crippen LogP contribution is 2.28. The Morgan fingerprint density at radius 1 is 1.18 bits per heavy atom. The smallest absolute Gasteiger partial charge is 0.416 e. The van der Waals surface area contributed by atoms with Crippen molar-refractivity contribution >= 4 is 11.8 Å². The molecule has 1 atom stereocenters. The number of aromatic nitrogens is 4. The first-order chi connectivity index (χ1) is 13.5. The zero-order valence-corrected chi connectivity index (χ0v) is 15.0. The minimum atomic E-state index is -4.62. The number of nitrogens with one attached hydrogen (secondary N) is 1. The van der Waals surface area contributed by atoms with Crippen LogP contribution in [0, 0.1) is 0 Å². The molecule has 0 radical (unpaired) electrons. The van der Waals surface area contributed by atoms with Crippen LogP contribution in [-0.4, -0.2) is 70.5 Å². The zero-order chi connectivity index (χ0) is 19.6. The van der Waals surface area contributed by atoms with E-state index < -0.39 is 12.1 Å². The summed E-state index contributed by atoms with van der Waals surface area (Å²) < 4.78 is 47.7. The Labute approximate surface area is 158 Å². The van der Waals surface area contributed by atoms with E-state index in [1.54, 1.807) is 12.3 Å². The lowest BCUT2D eigenvalue weighted by Gasteiger charge is -2.27. The van der Waals surface area contributed by atoms with Crippen molar-refractivity contribution in [1.82, 2.24) is 25.1 Å². The van der Waals surface area contributed by atoms with Crippen LogP contribution >= 0.6 is 0 Å². The summed E-state index contributed by atoms with van der Waals surface area (Å²) in [5, 5.41) is 9.91. The highest BCUT2D eigenvalue weighted by molar-refractivity contribution is 5.42. The summed E-state index contributed by atoms with van der Waals surface area (Å²) >= 11 is 0.